The first-order valence-electron chi connectivity index (χ1n) is 7.80. The molecule has 1 aromatic rings. The van der Waals surface area contributed by atoms with Crippen LogP contribution in [0.5, 0.6) is 0 Å². The van der Waals surface area contributed by atoms with Crippen LogP contribution in [0.4, 0.5) is 5.69 Å². The zero-order valence-electron chi connectivity index (χ0n) is 12.5. The van der Waals surface area contributed by atoms with Gasteiger partial charge in [0.2, 0.25) is 5.91 Å². The zero-order chi connectivity index (χ0) is 15.1. The molecule has 1 aliphatic carbocycles. The lowest BCUT2D eigenvalue weighted by atomic mass is 10.0. The molecular formula is C17H24N2OS. The fraction of sp³-hybridized carbons (Fsp3) is 0.529. The molecule has 114 valence electrons. The van der Waals surface area contributed by atoms with Crippen LogP contribution in [0.2, 0.25) is 0 Å². The van der Waals surface area contributed by atoms with E-state index in [1.165, 1.54) is 25.7 Å². The molecule has 1 saturated carbocycles. The number of carbonyl (C=O) groups excluding carboxylic acids is 1. The number of thiocarbonyl (C=S) groups is 1. The SMILES string of the molecule is NC(=S)CCN(C(=O)CCC1CCCC1)c1ccccc1. The molecular weight excluding hydrogens is 280 g/mol. The Morgan fingerprint density at radius 2 is 1.86 bits per heavy atom. The normalized spacial score (nSPS) is 15.0. The highest BCUT2D eigenvalue weighted by Crippen LogP contribution is 2.29. The van der Waals surface area contributed by atoms with Gasteiger partial charge in [0.25, 0.3) is 0 Å². The molecule has 0 saturated heterocycles. The third kappa shape index (κ3) is 5.12. The summed E-state index contributed by atoms with van der Waals surface area (Å²) in [6, 6.07) is 9.79. The first-order valence-corrected chi connectivity index (χ1v) is 8.21. The van der Waals surface area contributed by atoms with Crippen molar-refractivity contribution in [1.29, 1.82) is 0 Å². The topological polar surface area (TPSA) is 46.3 Å². The maximum absolute atomic E-state index is 12.6. The Bertz CT molecular complexity index is 469. The minimum absolute atomic E-state index is 0.185. The number of rotatable bonds is 7. The van der Waals surface area contributed by atoms with E-state index < -0.39 is 0 Å². The van der Waals surface area contributed by atoms with Crippen LogP contribution in [0.25, 0.3) is 0 Å². The molecule has 0 atom stereocenters. The van der Waals surface area contributed by atoms with E-state index in [0.29, 0.717) is 24.4 Å². The second-order valence-electron chi connectivity index (χ2n) is 5.79. The lowest BCUT2D eigenvalue weighted by Gasteiger charge is -2.23. The molecule has 0 spiro atoms. The van der Waals surface area contributed by atoms with Crippen molar-refractivity contribution in [2.45, 2.75) is 44.9 Å². The Balaban J connectivity index is 1.96. The molecule has 0 aliphatic heterocycles. The Labute approximate surface area is 132 Å². The fourth-order valence-electron chi connectivity index (χ4n) is 2.99. The second kappa shape index (κ2) is 8.13. The molecule has 0 bridgehead atoms. The standard InChI is InChI=1S/C17H24N2OS/c18-16(21)12-13-19(15-8-2-1-3-9-15)17(20)11-10-14-6-4-5-7-14/h1-3,8-9,14H,4-7,10-13H2,(H2,18,21). The number of carbonyl (C=O) groups is 1. The maximum atomic E-state index is 12.6. The smallest absolute Gasteiger partial charge is 0.226 e. The molecule has 2 N–H and O–H groups in total. The van der Waals surface area contributed by atoms with Gasteiger partial charge in [-0.3, -0.25) is 4.79 Å². The molecule has 0 unspecified atom stereocenters. The summed E-state index contributed by atoms with van der Waals surface area (Å²) in [5.41, 5.74) is 6.52. The number of para-hydroxylation sites is 1. The van der Waals surface area contributed by atoms with Crippen molar-refractivity contribution in [1.82, 2.24) is 0 Å². The van der Waals surface area contributed by atoms with E-state index in [1.54, 1.807) is 0 Å². The van der Waals surface area contributed by atoms with E-state index in [9.17, 15) is 4.79 Å². The highest BCUT2D eigenvalue weighted by Gasteiger charge is 2.20. The minimum Gasteiger partial charge on any atom is -0.393 e. The minimum atomic E-state index is 0.185. The predicted molar refractivity (Wildman–Crippen MR) is 91.4 cm³/mol. The highest BCUT2D eigenvalue weighted by molar-refractivity contribution is 7.80. The number of anilines is 1. The van der Waals surface area contributed by atoms with E-state index in [2.05, 4.69) is 0 Å². The van der Waals surface area contributed by atoms with Crippen molar-refractivity contribution in [2.75, 3.05) is 11.4 Å². The van der Waals surface area contributed by atoms with Crippen LogP contribution < -0.4 is 10.6 Å². The zero-order valence-corrected chi connectivity index (χ0v) is 13.3. The van der Waals surface area contributed by atoms with Crippen LogP contribution in [-0.2, 0) is 4.79 Å². The summed E-state index contributed by atoms with van der Waals surface area (Å²) in [5, 5.41) is 0. The molecule has 2 rings (SSSR count). The number of amides is 1. The van der Waals surface area contributed by atoms with Crippen molar-refractivity contribution < 1.29 is 4.79 Å². The van der Waals surface area contributed by atoms with Crippen molar-refractivity contribution in [3.8, 4) is 0 Å². The largest absolute Gasteiger partial charge is 0.393 e. The van der Waals surface area contributed by atoms with Crippen molar-refractivity contribution >= 4 is 28.8 Å². The van der Waals surface area contributed by atoms with Gasteiger partial charge in [-0.05, 0) is 24.5 Å². The second-order valence-corrected chi connectivity index (χ2v) is 6.31. The molecule has 3 nitrogen and oxygen atoms in total. The van der Waals surface area contributed by atoms with Crippen LogP contribution in [0.1, 0.15) is 44.9 Å². The third-order valence-electron chi connectivity index (χ3n) is 4.19. The van der Waals surface area contributed by atoms with Gasteiger partial charge in [0.1, 0.15) is 0 Å². The van der Waals surface area contributed by atoms with Gasteiger partial charge in [-0.1, -0.05) is 56.1 Å². The van der Waals surface area contributed by atoms with Crippen LogP contribution in [0, 0.1) is 5.92 Å². The average molecular weight is 304 g/mol. The molecule has 1 fully saturated rings. The Kier molecular flexibility index (Phi) is 6.18. The van der Waals surface area contributed by atoms with E-state index in [-0.39, 0.29) is 5.91 Å². The number of benzene rings is 1. The van der Waals surface area contributed by atoms with Gasteiger partial charge in [0, 0.05) is 25.1 Å². The summed E-state index contributed by atoms with van der Waals surface area (Å²) >= 11 is 4.94. The first-order chi connectivity index (χ1) is 10.2. The van der Waals surface area contributed by atoms with Crippen molar-refractivity contribution in [3.05, 3.63) is 30.3 Å². The number of nitrogens with two attached hydrogens (primary N) is 1. The van der Waals surface area contributed by atoms with Gasteiger partial charge in [-0.2, -0.15) is 0 Å². The quantitative estimate of drug-likeness (QED) is 0.782. The van der Waals surface area contributed by atoms with E-state index in [1.807, 2.05) is 35.2 Å². The Morgan fingerprint density at radius 3 is 2.48 bits per heavy atom. The van der Waals surface area contributed by atoms with Gasteiger partial charge < -0.3 is 10.6 Å². The lowest BCUT2D eigenvalue weighted by Crippen LogP contribution is -2.33. The molecule has 0 radical (unpaired) electrons. The third-order valence-corrected chi connectivity index (χ3v) is 4.40. The van der Waals surface area contributed by atoms with Crippen molar-refractivity contribution in [2.24, 2.45) is 11.7 Å². The lowest BCUT2D eigenvalue weighted by molar-refractivity contribution is -0.118. The predicted octanol–water partition coefficient (Wildman–Crippen LogP) is 3.67. The summed E-state index contributed by atoms with van der Waals surface area (Å²) in [6.45, 7) is 0.572. The monoisotopic (exact) mass is 304 g/mol. The van der Waals surface area contributed by atoms with E-state index in [0.717, 1.165) is 18.0 Å². The molecule has 0 heterocycles. The molecule has 1 amide bonds. The number of nitrogens with zero attached hydrogens (tertiary/aromatic N) is 1. The molecule has 0 aromatic heterocycles. The summed E-state index contributed by atoms with van der Waals surface area (Å²) in [5.74, 6) is 0.923. The Morgan fingerprint density at radius 1 is 1.19 bits per heavy atom. The molecule has 21 heavy (non-hydrogen) atoms. The van der Waals surface area contributed by atoms with Gasteiger partial charge in [-0.15, -0.1) is 0 Å². The number of hydrogen-bond donors (Lipinski definition) is 1. The summed E-state index contributed by atoms with van der Waals surface area (Å²) in [4.78, 5) is 14.8. The fourth-order valence-corrected chi connectivity index (χ4v) is 3.08. The van der Waals surface area contributed by atoms with Gasteiger partial charge in [-0.25, -0.2) is 0 Å². The summed E-state index contributed by atoms with van der Waals surface area (Å²) in [6.07, 6.45) is 7.41. The van der Waals surface area contributed by atoms with E-state index in [4.69, 9.17) is 18.0 Å². The summed E-state index contributed by atoms with van der Waals surface area (Å²) in [7, 11) is 0. The summed E-state index contributed by atoms with van der Waals surface area (Å²) < 4.78 is 0. The van der Waals surface area contributed by atoms with Crippen molar-refractivity contribution in [3.63, 3.8) is 0 Å². The van der Waals surface area contributed by atoms with Gasteiger partial charge in [0.15, 0.2) is 0 Å². The van der Waals surface area contributed by atoms with Crippen LogP contribution in [0.15, 0.2) is 30.3 Å². The van der Waals surface area contributed by atoms with Crippen LogP contribution in [0.3, 0.4) is 0 Å². The van der Waals surface area contributed by atoms with Crippen LogP contribution >= 0.6 is 12.2 Å². The number of hydrogen-bond acceptors (Lipinski definition) is 2. The first kappa shape index (κ1) is 16.0. The van der Waals surface area contributed by atoms with Gasteiger partial charge >= 0.3 is 0 Å². The van der Waals surface area contributed by atoms with Gasteiger partial charge in [0.05, 0.1) is 4.99 Å². The van der Waals surface area contributed by atoms with E-state index >= 15 is 0 Å². The average Bonchev–Trinajstić information content (AvgIpc) is 2.99. The van der Waals surface area contributed by atoms with Crippen LogP contribution in [-0.4, -0.2) is 17.4 Å². The molecule has 4 heteroatoms. The molecule has 1 aromatic carbocycles. The Hall–Kier alpha value is -1.42. The maximum Gasteiger partial charge on any atom is 0.226 e. The highest BCUT2D eigenvalue weighted by atomic mass is 32.1. The molecule has 1 aliphatic rings.